The molecule has 4 aromatic rings. The number of halogens is 2. The molecule has 3 aromatic heterocycles. The smallest absolute Gasteiger partial charge is 0.338 e. The van der Waals surface area contributed by atoms with Crippen LogP contribution >= 0.6 is 0 Å². The van der Waals surface area contributed by atoms with Gasteiger partial charge < -0.3 is 4.98 Å². The number of pyridine rings is 1. The number of carbonyl (C=O) groups excluding carboxylic acids is 2. The molecule has 2 N–H and O–H groups in total. The minimum Gasteiger partial charge on any atom is -0.345 e. The van der Waals surface area contributed by atoms with Crippen LogP contribution in [0.25, 0.3) is 22.2 Å². The zero-order valence-electron chi connectivity index (χ0n) is 17.1. The van der Waals surface area contributed by atoms with E-state index >= 15 is 4.39 Å². The molecule has 0 aliphatic carbocycles. The van der Waals surface area contributed by atoms with E-state index in [0.29, 0.717) is 17.5 Å². The highest BCUT2D eigenvalue weighted by Gasteiger charge is 2.26. The summed E-state index contributed by atoms with van der Waals surface area (Å²) in [5.74, 6) is -3.72. The molecule has 0 atom stereocenters. The summed E-state index contributed by atoms with van der Waals surface area (Å²) in [5, 5.41) is 4.07. The lowest BCUT2D eigenvalue weighted by Gasteiger charge is -2.11. The second kappa shape index (κ2) is 8.54. The van der Waals surface area contributed by atoms with Gasteiger partial charge in [0.05, 0.1) is 23.2 Å². The predicted molar refractivity (Wildman–Crippen MR) is 116 cm³/mol. The number of hydrogen-bond donors (Lipinski definition) is 2. The van der Waals surface area contributed by atoms with Crippen molar-refractivity contribution in [1.82, 2.24) is 19.7 Å². The average Bonchev–Trinajstić information content (AvgIpc) is 3.42. The Kier molecular flexibility index (Phi) is 5.77. The molecule has 0 unspecified atom stereocenters. The van der Waals surface area contributed by atoms with Gasteiger partial charge in [0.15, 0.2) is 5.82 Å². The molecule has 0 fully saturated rings. The largest absolute Gasteiger partial charge is 0.345 e. The van der Waals surface area contributed by atoms with Crippen molar-refractivity contribution >= 4 is 38.9 Å². The van der Waals surface area contributed by atoms with Crippen LogP contribution in [0.4, 0.5) is 14.5 Å². The van der Waals surface area contributed by atoms with Crippen molar-refractivity contribution in [2.75, 3.05) is 10.5 Å². The van der Waals surface area contributed by atoms with Crippen LogP contribution < -0.4 is 4.72 Å². The van der Waals surface area contributed by atoms with Gasteiger partial charge in [-0.25, -0.2) is 22.2 Å². The van der Waals surface area contributed by atoms with Gasteiger partial charge in [-0.05, 0) is 24.6 Å². The monoisotopic (exact) mass is 472 g/mol. The highest BCUT2D eigenvalue weighted by Crippen LogP contribution is 2.29. The van der Waals surface area contributed by atoms with Gasteiger partial charge >= 0.3 is 6.41 Å². The Morgan fingerprint density at radius 2 is 2.03 bits per heavy atom. The molecule has 33 heavy (non-hydrogen) atoms. The summed E-state index contributed by atoms with van der Waals surface area (Å²) in [6.07, 6.45) is 7.41. The number of aromatic amines is 1. The number of sulfonamides is 1. The van der Waals surface area contributed by atoms with E-state index < -0.39 is 38.7 Å². The summed E-state index contributed by atoms with van der Waals surface area (Å²) in [6, 6.07) is 3.30. The maximum atomic E-state index is 15.1. The van der Waals surface area contributed by atoms with E-state index in [0.717, 1.165) is 16.8 Å². The summed E-state index contributed by atoms with van der Waals surface area (Å²) in [7, 11) is -3.86. The second-order valence-corrected chi connectivity index (χ2v) is 8.96. The fraction of sp³-hybridized carbons (Fsp3) is 0.143. The quantitative estimate of drug-likeness (QED) is 0.380. The Morgan fingerprint density at radius 3 is 2.73 bits per heavy atom. The Balaban J connectivity index is 1.78. The van der Waals surface area contributed by atoms with Crippen LogP contribution in [0.5, 0.6) is 0 Å². The van der Waals surface area contributed by atoms with E-state index in [2.05, 4.69) is 15.1 Å². The lowest BCUT2D eigenvalue weighted by molar-refractivity contribution is 0.103. The number of fused-ring (bicyclic) bond motifs is 1. The molecule has 0 spiro atoms. The third-order valence-corrected chi connectivity index (χ3v) is 6.32. The van der Waals surface area contributed by atoms with Crippen molar-refractivity contribution in [1.29, 1.82) is 0 Å². The number of nitrogens with zero attached hydrogens (tertiary/aromatic N) is 3. The van der Waals surface area contributed by atoms with Gasteiger partial charge in [0.25, 0.3) is 0 Å². The van der Waals surface area contributed by atoms with Gasteiger partial charge in [-0.1, -0.05) is 6.92 Å². The molecule has 1 aromatic carbocycles. The maximum Gasteiger partial charge on any atom is 0.338 e. The summed E-state index contributed by atoms with van der Waals surface area (Å²) in [5.41, 5.74) is -0.195. The van der Waals surface area contributed by atoms with Crippen LogP contribution in [0.2, 0.25) is 0 Å². The molecular formula is C21H16F2N5O4S. The Bertz CT molecular complexity index is 1490. The average molecular weight is 472 g/mol. The number of carbonyl (C=O) groups is 1. The first kappa shape index (κ1) is 22.3. The normalized spacial score (nSPS) is 11.6. The summed E-state index contributed by atoms with van der Waals surface area (Å²) < 4.78 is 56.6. The van der Waals surface area contributed by atoms with E-state index in [1.807, 2.05) is 4.72 Å². The Labute approximate surface area is 186 Å². The van der Waals surface area contributed by atoms with Crippen molar-refractivity contribution in [3.63, 3.8) is 0 Å². The van der Waals surface area contributed by atoms with Gasteiger partial charge in [-0.2, -0.15) is 9.78 Å². The summed E-state index contributed by atoms with van der Waals surface area (Å²) >= 11 is 0. The zero-order valence-corrected chi connectivity index (χ0v) is 17.9. The van der Waals surface area contributed by atoms with Crippen LogP contribution in [0.15, 0.2) is 43.0 Å². The fourth-order valence-corrected chi connectivity index (χ4v) is 4.46. The topological polar surface area (TPSA) is 127 Å². The Hall–Kier alpha value is -3.93. The molecular weight excluding hydrogens is 456 g/mol. The second-order valence-electron chi connectivity index (χ2n) is 7.12. The number of benzene rings is 1. The van der Waals surface area contributed by atoms with Gasteiger partial charge in [0.2, 0.25) is 15.8 Å². The predicted octanol–water partition coefficient (Wildman–Crippen LogP) is 3.00. The number of hydrogen-bond acceptors (Lipinski definition) is 6. The highest BCUT2D eigenvalue weighted by atomic mass is 32.2. The molecule has 0 saturated carbocycles. The third-order valence-electron chi connectivity index (χ3n) is 4.84. The molecule has 3 heterocycles. The highest BCUT2D eigenvalue weighted by molar-refractivity contribution is 7.92. The number of nitrogens with one attached hydrogen (secondary N) is 2. The first-order valence-corrected chi connectivity index (χ1v) is 11.3. The van der Waals surface area contributed by atoms with Gasteiger partial charge in [0.1, 0.15) is 11.5 Å². The molecule has 4 rings (SSSR count). The molecule has 1 radical (unpaired) electrons. The van der Waals surface area contributed by atoms with Crippen molar-refractivity contribution in [2.24, 2.45) is 0 Å². The number of H-pyrrole nitrogens is 1. The van der Waals surface area contributed by atoms with Crippen LogP contribution in [0, 0.1) is 11.6 Å². The Morgan fingerprint density at radius 1 is 1.24 bits per heavy atom. The van der Waals surface area contributed by atoms with E-state index in [9.17, 15) is 22.4 Å². The van der Waals surface area contributed by atoms with Crippen molar-refractivity contribution < 1.29 is 26.8 Å². The number of rotatable bonds is 8. The molecule has 0 aliphatic heterocycles. The van der Waals surface area contributed by atoms with Crippen LogP contribution in [-0.4, -0.2) is 46.1 Å². The molecule has 0 saturated heterocycles. The van der Waals surface area contributed by atoms with Gasteiger partial charge in [0, 0.05) is 40.7 Å². The SMILES string of the molecule is CCCS(=O)(=O)Nc1ccc(F)c(C(=O)c2c[nH]c3ncc(-c4cnn([C]=O)c4)cc23)c1F. The van der Waals surface area contributed by atoms with Gasteiger partial charge in [-0.3, -0.25) is 14.3 Å². The minimum absolute atomic E-state index is 0.0694. The molecule has 12 heteroatoms. The number of ketones is 1. The summed E-state index contributed by atoms with van der Waals surface area (Å²) in [6.45, 7) is 1.64. The summed E-state index contributed by atoms with van der Waals surface area (Å²) in [4.78, 5) is 30.8. The van der Waals surface area contributed by atoms with E-state index in [1.54, 1.807) is 19.4 Å². The third kappa shape index (κ3) is 4.24. The number of aromatic nitrogens is 4. The zero-order chi connectivity index (χ0) is 23.8. The lowest BCUT2D eigenvalue weighted by atomic mass is 10.0. The first-order chi connectivity index (χ1) is 15.7. The minimum atomic E-state index is -3.86. The van der Waals surface area contributed by atoms with Crippen molar-refractivity contribution in [3.8, 4) is 11.1 Å². The molecule has 0 aliphatic rings. The molecule has 9 nitrogen and oxygen atoms in total. The van der Waals surface area contributed by atoms with Gasteiger partial charge in [-0.15, -0.1) is 0 Å². The van der Waals surface area contributed by atoms with Crippen LogP contribution in [-0.2, 0) is 14.8 Å². The fourth-order valence-electron chi connectivity index (χ4n) is 3.33. The standard InChI is InChI=1S/C21H16F2N5O4S/c1-2-5-33(31,32)27-17-4-3-16(22)18(19(17)23)20(30)15-9-25-21-14(15)6-12(7-24-21)13-8-26-28(10-13)11-29/h3-4,6-10,27H,2,5H2,1H3,(H,24,25). The maximum absolute atomic E-state index is 15.1. The van der Waals surface area contributed by atoms with E-state index in [4.69, 9.17) is 0 Å². The molecule has 0 bridgehead atoms. The number of anilines is 1. The van der Waals surface area contributed by atoms with Crippen molar-refractivity contribution in [3.05, 3.63) is 65.7 Å². The lowest BCUT2D eigenvalue weighted by Crippen LogP contribution is -2.18. The van der Waals surface area contributed by atoms with Crippen LogP contribution in [0.1, 0.15) is 29.3 Å². The van der Waals surface area contributed by atoms with E-state index in [1.165, 1.54) is 24.8 Å². The van der Waals surface area contributed by atoms with Crippen molar-refractivity contribution in [2.45, 2.75) is 13.3 Å². The van der Waals surface area contributed by atoms with Crippen LogP contribution in [0.3, 0.4) is 0 Å². The first-order valence-electron chi connectivity index (χ1n) is 9.67. The molecule has 169 valence electrons. The molecule has 0 amide bonds. The van der Waals surface area contributed by atoms with E-state index in [-0.39, 0.29) is 22.3 Å².